The molecular formula is C17H27N3O8SSi. The highest BCUT2D eigenvalue weighted by molar-refractivity contribution is 7.90. The largest absolute Gasteiger partial charge is 0.406 e. The predicted molar refractivity (Wildman–Crippen MR) is 109 cm³/mol. The topological polar surface area (TPSA) is 163 Å². The number of hydrogen-bond donors (Lipinski definition) is 3. The molecule has 168 valence electrons. The molecule has 1 fully saturated rings. The molecule has 0 aromatic carbocycles. The van der Waals surface area contributed by atoms with Crippen LogP contribution in [0.4, 0.5) is 0 Å². The van der Waals surface area contributed by atoms with E-state index in [2.05, 4.69) is 4.98 Å². The van der Waals surface area contributed by atoms with Crippen LogP contribution in [0.2, 0.25) is 18.1 Å². The van der Waals surface area contributed by atoms with E-state index in [0.717, 1.165) is 16.0 Å². The number of hydrogen-bond acceptors (Lipinski definition) is 9. The maximum absolute atomic E-state index is 12.5. The monoisotopic (exact) mass is 461 g/mol. The van der Waals surface area contributed by atoms with Crippen molar-refractivity contribution in [1.29, 1.82) is 0 Å². The minimum atomic E-state index is -4.16. The molecule has 3 heterocycles. The predicted octanol–water partition coefficient (Wildman–Crippen LogP) is -0.284. The molecule has 3 rings (SSSR count). The Labute approximate surface area is 174 Å². The fraction of sp³-hybridized carbons (Fsp3) is 0.647. The number of nitrogens with zero attached hydrogens (tertiary/aromatic N) is 1. The van der Waals surface area contributed by atoms with Gasteiger partial charge >= 0.3 is 5.69 Å². The second-order valence-electron chi connectivity index (χ2n) is 8.96. The van der Waals surface area contributed by atoms with Gasteiger partial charge in [0.25, 0.3) is 15.7 Å². The first-order valence-electron chi connectivity index (χ1n) is 9.33. The van der Waals surface area contributed by atoms with E-state index in [4.69, 9.17) is 19.1 Å². The van der Waals surface area contributed by atoms with Gasteiger partial charge in [-0.1, -0.05) is 20.8 Å². The molecule has 0 aliphatic carbocycles. The summed E-state index contributed by atoms with van der Waals surface area (Å²) in [6.07, 6.45) is -2.41. The maximum Gasteiger partial charge on any atom is 0.330 e. The molecule has 2 aliphatic heterocycles. The molecule has 1 spiro atoms. The average molecular weight is 462 g/mol. The second-order valence-corrected chi connectivity index (χ2v) is 15.1. The van der Waals surface area contributed by atoms with Crippen LogP contribution in [0.3, 0.4) is 0 Å². The van der Waals surface area contributed by atoms with Gasteiger partial charge in [0.1, 0.15) is 12.2 Å². The zero-order valence-electron chi connectivity index (χ0n) is 17.4. The number of aromatic amines is 1. The SMILES string of the molecule is CC(C)(C)[Si](C)(C)O[C@H]1[C@H](n2ccc(=O)[nH]c2=O)O[C@H](CO)C12OS(=O)(=O)C=C2N. The highest BCUT2D eigenvalue weighted by atomic mass is 32.2. The molecule has 30 heavy (non-hydrogen) atoms. The van der Waals surface area contributed by atoms with Gasteiger partial charge in [0.2, 0.25) is 0 Å². The third-order valence-corrected chi connectivity index (χ3v) is 11.5. The molecule has 11 nitrogen and oxygen atoms in total. The van der Waals surface area contributed by atoms with Crippen molar-refractivity contribution in [2.45, 2.75) is 62.9 Å². The summed E-state index contributed by atoms with van der Waals surface area (Å²) in [6.45, 7) is 9.18. The Hall–Kier alpha value is -1.77. The van der Waals surface area contributed by atoms with E-state index in [9.17, 15) is 23.1 Å². The summed E-state index contributed by atoms with van der Waals surface area (Å²) in [5, 5.41) is 10.4. The number of aliphatic hydroxyl groups is 1. The normalized spacial score (nSPS) is 31.3. The van der Waals surface area contributed by atoms with Crippen LogP contribution in [-0.4, -0.2) is 55.8 Å². The average Bonchev–Trinajstić information content (AvgIpc) is 3.00. The van der Waals surface area contributed by atoms with Crippen molar-refractivity contribution < 1.29 is 26.9 Å². The van der Waals surface area contributed by atoms with Crippen LogP contribution < -0.4 is 17.0 Å². The first-order valence-corrected chi connectivity index (χ1v) is 13.7. The number of ether oxygens (including phenoxy) is 1. The highest BCUT2D eigenvalue weighted by Gasteiger charge is 2.66. The van der Waals surface area contributed by atoms with Gasteiger partial charge in [-0.25, -0.2) is 8.98 Å². The minimum Gasteiger partial charge on any atom is -0.406 e. The van der Waals surface area contributed by atoms with E-state index in [0.29, 0.717) is 0 Å². The number of aliphatic hydroxyl groups excluding tert-OH is 1. The van der Waals surface area contributed by atoms with Gasteiger partial charge in [0.15, 0.2) is 20.1 Å². The molecule has 1 unspecified atom stereocenters. The second kappa shape index (κ2) is 7.14. The van der Waals surface area contributed by atoms with E-state index in [1.807, 2.05) is 33.9 Å². The zero-order valence-corrected chi connectivity index (χ0v) is 19.2. The molecule has 0 radical (unpaired) electrons. The van der Waals surface area contributed by atoms with Crippen molar-refractivity contribution in [2.24, 2.45) is 5.73 Å². The molecule has 1 aromatic rings. The molecule has 4 N–H and O–H groups in total. The lowest BCUT2D eigenvalue weighted by Gasteiger charge is -2.43. The van der Waals surface area contributed by atoms with Crippen LogP contribution in [0, 0.1) is 0 Å². The van der Waals surface area contributed by atoms with Crippen LogP contribution in [-0.2, 0) is 23.5 Å². The Morgan fingerprint density at radius 1 is 1.37 bits per heavy atom. The van der Waals surface area contributed by atoms with Crippen LogP contribution in [0.15, 0.2) is 33.0 Å². The Bertz CT molecular complexity index is 1090. The summed E-state index contributed by atoms with van der Waals surface area (Å²) in [5.74, 6) is 0. The van der Waals surface area contributed by atoms with Gasteiger partial charge in [-0.05, 0) is 18.1 Å². The lowest BCUT2D eigenvalue weighted by Crippen LogP contribution is -2.58. The standard InChI is InChI=1S/C17H27N3O8SSi/c1-16(2,3)30(4,5)27-13-14(20-7-6-12(22)19-15(20)23)26-11(8-21)17(13)10(18)9-29(24,25)28-17/h6-7,9,11,13-14,21H,8,18H2,1-5H3,(H,19,22,23)/t11-,13+,14-,17?/m1/s1. The summed E-state index contributed by atoms with van der Waals surface area (Å²) >= 11 is 0. The molecule has 4 atom stereocenters. The van der Waals surface area contributed by atoms with Crippen LogP contribution in [0.25, 0.3) is 0 Å². The zero-order chi connectivity index (χ0) is 22.7. The molecule has 1 saturated heterocycles. The van der Waals surface area contributed by atoms with Crippen molar-refractivity contribution in [3.05, 3.63) is 44.2 Å². The quantitative estimate of drug-likeness (QED) is 0.404. The minimum absolute atomic E-state index is 0.190. The number of nitrogens with one attached hydrogen (secondary N) is 1. The van der Waals surface area contributed by atoms with E-state index in [-0.39, 0.29) is 10.7 Å². The first kappa shape index (κ1) is 22.9. The summed E-state index contributed by atoms with van der Waals surface area (Å²) in [7, 11) is -6.76. The van der Waals surface area contributed by atoms with Crippen molar-refractivity contribution in [1.82, 2.24) is 9.55 Å². The van der Waals surface area contributed by atoms with Crippen molar-refractivity contribution in [3.63, 3.8) is 0 Å². The van der Waals surface area contributed by atoms with E-state index < -0.39 is 60.3 Å². The lowest BCUT2D eigenvalue weighted by molar-refractivity contribution is -0.0587. The first-order chi connectivity index (χ1) is 13.6. The fourth-order valence-corrected chi connectivity index (χ4v) is 5.86. The summed E-state index contributed by atoms with van der Waals surface area (Å²) < 4.78 is 43.3. The highest BCUT2D eigenvalue weighted by Crippen LogP contribution is 2.51. The van der Waals surface area contributed by atoms with Crippen molar-refractivity contribution in [3.8, 4) is 0 Å². The number of H-pyrrole nitrogens is 1. The third kappa shape index (κ3) is 3.59. The van der Waals surface area contributed by atoms with Gasteiger partial charge in [-0.2, -0.15) is 8.42 Å². The number of aromatic nitrogens is 2. The smallest absolute Gasteiger partial charge is 0.330 e. The maximum atomic E-state index is 12.5. The van der Waals surface area contributed by atoms with Gasteiger partial charge in [-0.3, -0.25) is 14.3 Å². The van der Waals surface area contributed by atoms with Gasteiger partial charge in [0.05, 0.1) is 17.7 Å². The molecule has 0 bridgehead atoms. The van der Waals surface area contributed by atoms with Gasteiger partial charge in [-0.15, -0.1) is 0 Å². The summed E-state index contributed by atoms with van der Waals surface area (Å²) in [6, 6.07) is 1.12. The Kier molecular flexibility index (Phi) is 5.45. The Morgan fingerprint density at radius 2 is 2.00 bits per heavy atom. The van der Waals surface area contributed by atoms with Gasteiger partial charge in [0, 0.05) is 12.3 Å². The van der Waals surface area contributed by atoms with Crippen molar-refractivity contribution >= 4 is 18.4 Å². The molecule has 2 aliphatic rings. The van der Waals surface area contributed by atoms with E-state index in [1.165, 1.54) is 6.20 Å². The lowest BCUT2D eigenvalue weighted by atomic mass is 9.89. The molecule has 0 amide bonds. The fourth-order valence-electron chi connectivity index (χ4n) is 3.36. The molecule has 1 aromatic heterocycles. The summed E-state index contributed by atoms with van der Waals surface area (Å²) in [4.78, 5) is 26.1. The van der Waals surface area contributed by atoms with E-state index in [1.54, 1.807) is 0 Å². The third-order valence-electron chi connectivity index (χ3n) is 5.96. The molecular weight excluding hydrogens is 434 g/mol. The van der Waals surface area contributed by atoms with E-state index >= 15 is 0 Å². The van der Waals surface area contributed by atoms with Crippen LogP contribution in [0.5, 0.6) is 0 Å². The van der Waals surface area contributed by atoms with Crippen LogP contribution in [0.1, 0.15) is 27.0 Å². The van der Waals surface area contributed by atoms with Crippen LogP contribution >= 0.6 is 0 Å². The Morgan fingerprint density at radius 3 is 2.47 bits per heavy atom. The van der Waals surface area contributed by atoms with Crippen molar-refractivity contribution in [2.75, 3.05) is 6.61 Å². The number of nitrogens with two attached hydrogens (primary N) is 1. The summed E-state index contributed by atoms with van der Waals surface area (Å²) in [5.41, 5.74) is 2.65. The van der Waals surface area contributed by atoms with Gasteiger partial charge < -0.3 is 20.0 Å². The number of rotatable bonds is 4. The molecule has 0 saturated carbocycles. The molecule has 13 heteroatoms. The Balaban J connectivity index is 2.22.